The number of rotatable bonds is 8. The highest BCUT2D eigenvalue weighted by atomic mass is 19.3. The van der Waals surface area contributed by atoms with E-state index in [-0.39, 0.29) is 24.6 Å². The van der Waals surface area contributed by atoms with E-state index < -0.39 is 6.61 Å². The maximum atomic E-state index is 12.5. The molecule has 0 bridgehead atoms. The van der Waals surface area contributed by atoms with Gasteiger partial charge in [0.05, 0.1) is 13.7 Å². The predicted molar refractivity (Wildman–Crippen MR) is 99.4 cm³/mol. The summed E-state index contributed by atoms with van der Waals surface area (Å²) in [6.45, 7) is 0.107. The summed E-state index contributed by atoms with van der Waals surface area (Å²) in [5, 5.41) is 16.1. The van der Waals surface area contributed by atoms with Gasteiger partial charge in [0.15, 0.2) is 5.96 Å². The van der Waals surface area contributed by atoms with E-state index in [1.807, 2.05) is 6.92 Å². The molecule has 6 nitrogen and oxygen atoms in total. The largest absolute Gasteiger partial charge is 0.508 e. The summed E-state index contributed by atoms with van der Waals surface area (Å²) >= 11 is 0. The fourth-order valence-electron chi connectivity index (χ4n) is 2.36. The minimum Gasteiger partial charge on any atom is -0.508 e. The van der Waals surface area contributed by atoms with Crippen molar-refractivity contribution in [2.24, 2.45) is 4.99 Å². The zero-order chi connectivity index (χ0) is 19.6. The summed E-state index contributed by atoms with van der Waals surface area (Å²) < 4.78 is 34.7. The molecule has 0 saturated heterocycles. The average molecular weight is 379 g/mol. The topological polar surface area (TPSA) is 75.1 Å². The molecule has 0 aliphatic carbocycles. The third-order valence-electron chi connectivity index (χ3n) is 3.67. The molecule has 2 aromatic carbocycles. The Morgan fingerprint density at radius 2 is 1.93 bits per heavy atom. The first-order valence-corrected chi connectivity index (χ1v) is 8.44. The molecule has 8 heteroatoms. The fraction of sp³-hybridized carbons (Fsp3) is 0.316. The number of hydrogen-bond acceptors (Lipinski definition) is 4. The van der Waals surface area contributed by atoms with Crippen molar-refractivity contribution in [3.8, 4) is 17.2 Å². The van der Waals surface area contributed by atoms with Crippen LogP contribution in [0.1, 0.15) is 18.1 Å². The maximum Gasteiger partial charge on any atom is 0.387 e. The van der Waals surface area contributed by atoms with Crippen LogP contribution in [0, 0.1) is 0 Å². The number of aliphatic imine (C=N–C) groups is 1. The van der Waals surface area contributed by atoms with E-state index in [0.29, 0.717) is 29.4 Å². The lowest BCUT2D eigenvalue weighted by Crippen LogP contribution is -2.36. The van der Waals surface area contributed by atoms with Gasteiger partial charge in [0, 0.05) is 24.2 Å². The predicted octanol–water partition coefficient (Wildman–Crippen LogP) is 3.26. The Bertz CT molecular complexity index is 770. The molecule has 0 amide bonds. The molecular weight excluding hydrogens is 356 g/mol. The van der Waals surface area contributed by atoms with E-state index in [2.05, 4.69) is 20.4 Å². The Hall–Kier alpha value is -3.03. The molecule has 2 rings (SSSR count). The van der Waals surface area contributed by atoms with Gasteiger partial charge in [0.2, 0.25) is 0 Å². The zero-order valence-corrected chi connectivity index (χ0v) is 15.2. The van der Waals surface area contributed by atoms with Crippen molar-refractivity contribution in [2.75, 3.05) is 13.7 Å². The maximum absolute atomic E-state index is 12.5. The van der Waals surface area contributed by atoms with Gasteiger partial charge in [0.25, 0.3) is 0 Å². The SMILES string of the molecule is CCNC(=NCc1cc(OC)ccc1O)NCc1ccccc1OC(F)F. The van der Waals surface area contributed by atoms with E-state index in [0.717, 1.165) is 0 Å². The summed E-state index contributed by atoms with van der Waals surface area (Å²) in [7, 11) is 1.55. The number of benzene rings is 2. The Morgan fingerprint density at radius 3 is 2.63 bits per heavy atom. The summed E-state index contributed by atoms with van der Waals surface area (Å²) in [5.74, 6) is 1.33. The molecule has 3 N–H and O–H groups in total. The van der Waals surface area contributed by atoms with Gasteiger partial charge in [-0.3, -0.25) is 0 Å². The number of alkyl halides is 2. The molecule has 0 unspecified atom stereocenters. The standard InChI is InChI=1S/C19H23F2N3O3/c1-3-22-19(24-12-14-10-15(26-2)8-9-16(14)25)23-11-13-6-4-5-7-17(13)27-18(20)21/h4-10,18,25H,3,11-12H2,1-2H3,(H2,22,23,24). The van der Waals surface area contributed by atoms with Crippen LogP contribution in [0.5, 0.6) is 17.2 Å². The van der Waals surface area contributed by atoms with Crippen LogP contribution in [0.4, 0.5) is 8.78 Å². The van der Waals surface area contributed by atoms with Crippen molar-refractivity contribution >= 4 is 5.96 Å². The lowest BCUT2D eigenvalue weighted by Gasteiger charge is -2.14. The number of guanidine groups is 1. The number of ether oxygens (including phenoxy) is 2. The summed E-state index contributed by atoms with van der Waals surface area (Å²) in [6, 6.07) is 11.5. The second kappa shape index (κ2) is 10.2. The molecule has 0 radical (unpaired) electrons. The van der Waals surface area contributed by atoms with Crippen LogP contribution < -0.4 is 20.1 Å². The summed E-state index contributed by atoms with van der Waals surface area (Å²) in [6.07, 6.45) is 0. The number of nitrogens with zero attached hydrogens (tertiary/aromatic N) is 1. The first kappa shape index (κ1) is 20.3. The second-order valence-electron chi connectivity index (χ2n) is 5.53. The van der Waals surface area contributed by atoms with Crippen LogP contribution in [0.2, 0.25) is 0 Å². The highest BCUT2D eigenvalue weighted by Gasteiger charge is 2.10. The molecular formula is C19H23F2N3O3. The highest BCUT2D eigenvalue weighted by Crippen LogP contribution is 2.23. The minimum atomic E-state index is -2.89. The van der Waals surface area contributed by atoms with Gasteiger partial charge in [-0.15, -0.1) is 0 Å². The van der Waals surface area contributed by atoms with Crippen molar-refractivity contribution in [1.82, 2.24) is 10.6 Å². The normalized spacial score (nSPS) is 11.4. The molecule has 0 aromatic heterocycles. The number of methoxy groups -OCH3 is 1. The lowest BCUT2D eigenvalue weighted by atomic mass is 10.2. The Balaban J connectivity index is 2.09. The molecule has 27 heavy (non-hydrogen) atoms. The van der Waals surface area contributed by atoms with E-state index in [9.17, 15) is 13.9 Å². The Morgan fingerprint density at radius 1 is 1.15 bits per heavy atom. The van der Waals surface area contributed by atoms with Crippen molar-refractivity contribution in [2.45, 2.75) is 26.6 Å². The van der Waals surface area contributed by atoms with Crippen LogP contribution >= 0.6 is 0 Å². The highest BCUT2D eigenvalue weighted by molar-refractivity contribution is 5.79. The molecule has 0 spiro atoms. The van der Waals surface area contributed by atoms with Crippen LogP contribution in [-0.2, 0) is 13.1 Å². The van der Waals surface area contributed by atoms with Crippen molar-refractivity contribution in [3.63, 3.8) is 0 Å². The zero-order valence-electron chi connectivity index (χ0n) is 15.2. The average Bonchev–Trinajstić information content (AvgIpc) is 2.65. The van der Waals surface area contributed by atoms with Gasteiger partial charge in [-0.05, 0) is 31.2 Å². The summed E-state index contributed by atoms with van der Waals surface area (Å²) in [5.41, 5.74) is 1.18. The molecule has 0 atom stereocenters. The van der Waals surface area contributed by atoms with E-state index in [1.54, 1.807) is 43.5 Å². The smallest absolute Gasteiger partial charge is 0.387 e. The lowest BCUT2D eigenvalue weighted by molar-refractivity contribution is -0.0504. The number of nitrogens with one attached hydrogen (secondary N) is 2. The van der Waals surface area contributed by atoms with Gasteiger partial charge >= 0.3 is 6.61 Å². The third kappa shape index (κ3) is 6.32. The van der Waals surface area contributed by atoms with Gasteiger partial charge in [0.1, 0.15) is 17.2 Å². The second-order valence-corrected chi connectivity index (χ2v) is 5.53. The third-order valence-corrected chi connectivity index (χ3v) is 3.67. The molecule has 2 aromatic rings. The number of phenolic OH excluding ortho intramolecular Hbond substituents is 1. The van der Waals surface area contributed by atoms with Crippen LogP contribution in [0.3, 0.4) is 0 Å². The van der Waals surface area contributed by atoms with Crippen LogP contribution in [0.25, 0.3) is 0 Å². The Labute approximate surface area is 156 Å². The van der Waals surface area contributed by atoms with Gasteiger partial charge in [-0.2, -0.15) is 8.78 Å². The van der Waals surface area contributed by atoms with Crippen molar-refractivity contribution < 1.29 is 23.4 Å². The van der Waals surface area contributed by atoms with E-state index in [1.165, 1.54) is 6.07 Å². The van der Waals surface area contributed by atoms with Crippen molar-refractivity contribution in [3.05, 3.63) is 53.6 Å². The van der Waals surface area contributed by atoms with Crippen LogP contribution in [-0.4, -0.2) is 31.3 Å². The summed E-state index contributed by atoms with van der Waals surface area (Å²) in [4.78, 5) is 4.42. The quantitative estimate of drug-likeness (QED) is 0.485. The molecule has 0 fully saturated rings. The first-order valence-electron chi connectivity index (χ1n) is 8.44. The van der Waals surface area contributed by atoms with E-state index in [4.69, 9.17) is 4.74 Å². The van der Waals surface area contributed by atoms with Gasteiger partial charge in [-0.25, -0.2) is 4.99 Å². The fourth-order valence-corrected chi connectivity index (χ4v) is 2.36. The van der Waals surface area contributed by atoms with Gasteiger partial charge in [-0.1, -0.05) is 18.2 Å². The number of aromatic hydroxyl groups is 1. The van der Waals surface area contributed by atoms with E-state index >= 15 is 0 Å². The van der Waals surface area contributed by atoms with Crippen molar-refractivity contribution in [1.29, 1.82) is 0 Å². The first-order chi connectivity index (χ1) is 13.0. The van der Waals surface area contributed by atoms with Crippen LogP contribution in [0.15, 0.2) is 47.5 Å². The molecule has 0 heterocycles. The molecule has 146 valence electrons. The monoisotopic (exact) mass is 379 g/mol. The Kier molecular flexibility index (Phi) is 7.66. The number of phenols is 1. The number of halogens is 2. The van der Waals surface area contributed by atoms with Gasteiger partial charge < -0.3 is 25.2 Å². The number of para-hydroxylation sites is 1. The number of hydrogen-bond donors (Lipinski definition) is 3. The molecule has 0 saturated carbocycles. The molecule has 0 aliphatic heterocycles. The minimum absolute atomic E-state index is 0.112. The molecule has 0 aliphatic rings.